The van der Waals surface area contributed by atoms with Crippen molar-refractivity contribution in [1.82, 2.24) is 24.4 Å². The second-order valence-electron chi connectivity index (χ2n) is 9.41. The summed E-state index contributed by atoms with van der Waals surface area (Å²) < 4.78 is 79.0. The molecule has 4 rings (SSSR count). The molecule has 11 nitrogen and oxygen atoms in total. The van der Waals surface area contributed by atoms with Gasteiger partial charge in [-0.25, -0.2) is 18.6 Å². The number of aryl methyl sites for hydroxylation is 2. The van der Waals surface area contributed by atoms with Gasteiger partial charge in [-0.3, -0.25) is 14.5 Å². The Hall–Kier alpha value is -4.63. The summed E-state index contributed by atoms with van der Waals surface area (Å²) in [4.78, 5) is 27.9. The summed E-state index contributed by atoms with van der Waals surface area (Å²) in [5.41, 5.74) is -1.77. The number of benzene rings is 1. The Morgan fingerprint density at radius 3 is 2.40 bits per heavy atom. The largest absolute Gasteiger partial charge is 0.491 e. The monoisotopic (exact) mass is 568 g/mol. The first-order valence-corrected chi connectivity index (χ1v) is 11.5. The van der Waals surface area contributed by atoms with Gasteiger partial charge in [0, 0.05) is 24.3 Å². The van der Waals surface area contributed by atoms with Gasteiger partial charge in [-0.05, 0) is 32.0 Å². The van der Waals surface area contributed by atoms with E-state index < -0.39 is 52.3 Å². The van der Waals surface area contributed by atoms with Crippen molar-refractivity contribution in [2.45, 2.75) is 52.6 Å². The van der Waals surface area contributed by atoms with Crippen LogP contribution in [-0.2, 0) is 17.9 Å². The fraction of sp³-hybridized carbons (Fsp3) is 0.333. The molecule has 0 aliphatic heterocycles. The normalized spacial score (nSPS) is 12.1. The van der Waals surface area contributed by atoms with Crippen molar-refractivity contribution in [3.8, 4) is 23.0 Å². The predicted molar refractivity (Wildman–Crippen MR) is 127 cm³/mol. The maximum absolute atomic E-state index is 14.2. The predicted octanol–water partition coefficient (Wildman–Crippen LogP) is 4.59. The Kier molecular flexibility index (Phi) is 7.21. The highest BCUT2D eigenvalue weighted by molar-refractivity contribution is 5.79. The summed E-state index contributed by atoms with van der Waals surface area (Å²) >= 11 is 0. The SMILES string of the molecule is Cc1cc(OCc2c(F)cccc2F)c2nc(C)c(-c3cnn(CC(C)(C)[N+](=O)[O-])n3)n2c1OC(=O)C(F)(F)F. The molecule has 212 valence electrons. The number of hydrogen-bond donors (Lipinski definition) is 0. The highest BCUT2D eigenvalue weighted by Crippen LogP contribution is 2.36. The van der Waals surface area contributed by atoms with Crippen molar-refractivity contribution in [2.24, 2.45) is 0 Å². The Bertz CT molecular complexity index is 1610. The fourth-order valence-corrected chi connectivity index (χ4v) is 3.78. The molecule has 40 heavy (non-hydrogen) atoms. The summed E-state index contributed by atoms with van der Waals surface area (Å²) in [5.74, 6) is -4.93. The van der Waals surface area contributed by atoms with Gasteiger partial charge >= 0.3 is 12.1 Å². The minimum atomic E-state index is -5.33. The molecule has 0 spiro atoms. The molecule has 0 fully saturated rings. The lowest BCUT2D eigenvalue weighted by Gasteiger charge is -2.16. The quantitative estimate of drug-likeness (QED) is 0.131. The molecule has 0 saturated heterocycles. The summed E-state index contributed by atoms with van der Waals surface area (Å²) in [5, 5.41) is 19.6. The molecule has 0 N–H and O–H groups in total. The Labute approximate surface area is 222 Å². The molecule has 4 aromatic rings. The second kappa shape index (κ2) is 10.2. The van der Waals surface area contributed by atoms with E-state index in [1.807, 2.05) is 0 Å². The van der Waals surface area contributed by atoms with E-state index in [0.717, 1.165) is 21.3 Å². The van der Waals surface area contributed by atoms with Crippen molar-refractivity contribution in [2.75, 3.05) is 0 Å². The fourth-order valence-electron chi connectivity index (χ4n) is 3.78. The number of halogens is 5. The van der Waals surface area contributed by atoms with Crippen molar-refractivity contribution in [3.05, 3.63) is 69.0 Å². The highest BCUT2D eigenvalue weighted by Gasteiger charge is 2.42. The Morgan fingerprint density at radius 1 is 1.15 bits per heavy atom. The molecule has 16 heteroatoms. The summed E-state index contributed by atoms with van der Waals surface area (Å²) in [6.07, 6.45) is -4.12. The van der Waals surface area contributed by atoms with Crippen LogP contribution in [0.5, 0.6) is 11.6 Å². The molecule has 3 aromatic heterocycles. The van der Waals surface area contributed by atoms with Crippen LogP contribution < -0.4 is 9.47 Å². The van der Waals surface area contributed by atoms with Gasteiger partial charge in [0.15, 0.2) is 11.4 Å². The lowest BCUT2D eigenvalue weighted by atomic mass is 10.1. The van der Waals surface area contributed by atoms with Gasteiger partial charge in [-0.2, -0.15) is 28.2 Å². The third-order valence-corrected chi connectivity index (χ3v) is 5.82. The first-order valence-electron chi connectivity index (χ1n) is 11.5. The van der Waals surface area contributed by atoms with Crippen LogP contribution in [0.3, 0.4) is 0 Å². The average Bonchev–Trinajstić information content (AvgIpc) is 3.43. The van der Waals surface area contributed by atoms with E-state index in [9.17, 15) is 36.9 Å². The Morgan fingerprint density at radius 2 is 1.80 bits per heavy atom. The number of rotatable bonds is 8. The van der Waals surface area contributed by atoms with Crippen molar-refractivity contribution in [3.63, 3.8) is 0 Å². The number of nitro groups is 1. The molecular formula is C24H21F5N6O5. The molecule has 1 aromatic carbocycles. The van der Waals surface area contributed by atoms with Crippen LogP contribution in [0.15, 0.2) is 30.5 Å². The van der Waals surface area contributed by atoms with E-state index in [-0.39, 0.29) is 40.6 Å². The van der Waals surface area contributed by atoms with Gasteiger partial charge in [-0.1, -0.05) is 6.07 Å². The molecule has 0 saturated carbocycles. The number of imidazole rings is 1. The molecule has 3 heterocycles. The third-order valence-electron chi connectivity index (χ3n) is 5.82. The number of aromatic nitrogens is 5. The molecule has 0 amide bonds. The number of fused-ring (bicyclic) bond motifs is 1. The van der Waals surface area contributed by atoms with Crippen LogP contribution in [0.1, 0.15) is 30.7 Å². The van der Waals surface area contributed by atoms with E-state index in [1.165, 1.54) is 46.0 Å². The second-order valence-corrected chi connectivity index (χ2v) is 9.41. The number of alkyl halides is 3. The number of carbonyl (C=O) groups is 1. The van der Waals surface area contributed by atoms with Gasteiger partial charge in [0.05, 0.1) is 17.5 Å². The number of carbonyl (C=O) groups excluding carboxylic acids is 1. The summed E-state index contributed by atoms with van der Waals surface area (Å²) in [7, 11) is 0. The molecule has 0 radical (unpaired) electrons. The first kappa shape index (κ1) is 28.4. The van der Waals surface area contributed by atoms with Crippen LogP contribution in [0.4, 0.5) is 22.0 Å². The maximum atomic E-state index is 14.2. The molecular weight excluding hydrogens is 547 g/mol. The lowest BCUT2D eigenvalue weighted by molar-refractivity contribution is -0.563. The van der Waals surface area contributed by atoms with Gasteiger partial charge < -0.3 is 9.47 Å². The van der Waals surface area contributed by atoms with Gasteiger partial charge in [0.2, 0.25) is 11.4 Å². The Balaban J connectivity index is 1.86. The summed E-state index contributed by atoms with van der Waals surface area (Å²) in [6, 6.07) is 4.44. The summed E-state index contributed by atoms with van der Waals surface area (Å²) in [6.45, 7) is 4.68. The zero-order chi connectivity index (χ0) is 29.6. The topological polar surface area (TPSA) is 127 Å². The van der Waals surface area contributed by atoms with Crippen LogP contribution in [0.2, 0.25) is 0 Å². The number of ether oxygens (including phenoxy) is 2. The zero-order valence-corrected chi connectivity index (χ0v) is 21.4. The number of pyridine rings is 1. The lowest BCUT2D eigenvalue weighted by Crippen LogP contribution is -2.36. The molecule has 0 atom stereocenters. The van der Waals surface area contributed by atoms with Gasteiger partial charge in [0.25, 0.3) is 0 Å². The van der Waals surface area contributed by atoms with Crippen molar-refractivity contribution in [1.29, 1.82) is 0 Å². The molecule has 0 bridgehead atoms. The van der Waals surface area contributed by atoms with E-state index >= 15 is 0 Å². The maximum Gasteiger partial charge on any atom is 0.491 e. The van der Waals surface area contributed by atoms with Gasteiger partial charge in [0.1, 0.15) is 36.2 Å². The standard InChI is InChI=1S/C24H21F5N6O5/c1-12-8-18(39-10-14-15(25)6-5-7-16(14)26)20-31-13(2)19(34(20)21(12)40-22(36)24(27,28)29)17-9-30-33(32-17)11-23(3,4)35(37)38/h5-9H,10-11H2,1-4H3. The van der Waals surface area contributed by atoms with Crippen LogP contribution in [0.25, 0.3) is 17.0 Å². The van der Waals surface area contributed by atoms with Crippen LogP contribution in [-0.4, -0.2) is 47.0 Å². The van der Waals surface area contributed by atoms with E-state index in [2.05, 4.69) is 15.2 Å². The molecule has 0 unspecified atom stereocenters. The smallest absolute Gasteiger partial charge is 0.485 e. The van der Waals surface area contributed by atoms with Crippen LogP contribution >= 0.6 is 0 Å². The van der Waals surface area contributed by atoms with Crippen molar-refractivity contribution < 1.29 is 41.1 Å². The first-order chi connectivity index (χ1) is 18.6. The van der Waals surface area contributed by atoms with Crippen LogP contribution in [0, 0.1) is 35.6 Å². The minimum absolute atomic E-state index is 0.0189. The van der Waals surface area contributed by atoms with Gasteiger partial charge in [-0.15, -0.1) is 0 Å². The number of esters is 1. The zero-order valence-electron chi connectivity index (χ0n) is 21.4. The number of hydrogen-bond acceptors (Lipinski definition) is 8. The van der Waals surface area contributed by atoms with E-state index in [0.29, 0.717) is 0 Å². The minimum Gasteiger partial charge on any atom is -0.485 e. The van der Waals surface area contributed by atoms with Crippen molar-refractivity contribution >= 4 is 11.6 Å². The van der Waals surface area contributed by atoms with E-state index in [1.54, 1.807) is 0 Å². The third kappa shape index (κ3) is 5.41. The average molecular weight is 568 g/mol. The molecule has 0 aliphatic rings. The number of nitrogens with zero attached hydrogens (tertiary/aromatic N) is 6. The molecule has 0 aliphatic carbocycles. The highest BCUT2D eigenvalue weighted by atomic mass is 19.4. The van der Waals surface area contributed by atoms with E-state index in [4.69, 9.17) is 9.47 Å².